The first-order valence-corrected chi connectivity index (χ1v) is 7.78. The first kappa shape index (κ1) is 15.2. The van der Waals surface area contributed by atoms with E-state index < -0.39 is 11.2 Å². The molecule has 3 aromatic rings. The van der Waals surface area contributed by atoms with Gasteiger partial charge in [0.15, 0.2) is 0 Å². The molecule has 1 aromatic carbocycles. The molecule has 0 aliphatic carbocycles. The van der Waals surface area contributed by atoms with Gasteiger partial charge in [-0.25, -0.2) is 4.79 Å². The van der Waals surface area contributed by atoms with Gasteiger partial charge in [0.2, 0.25) is 0 Å². The van der Waals surface area contributed by atoms with Crippen LogP contribution in [0.1, 0.15) is 15.2 Å². The molecule has 1 N–H and O–H groups in total. The third-order valence-corrected chi connectivity index (χ3v) is 4.95. The molecule has 0 fully saturated rings. The molecule has 6 nitrogen and oxygen atoms in total. The molecule has 3 rings (SSSR count). The van der Waals surface area contributed by atoms with Crippen LogP contribution < -0.4 is 16.6 Å². The van der Waals surface area contributed by atoms with Crippen LogP contribution in [0.3, 0.4) is 0 Å². The monoisotopic (exact) mass is 329 g/mol. The Kier molecular flexibility index (Phi) is 3.65. The minimum Gasteiger partial charge on any atom is -0.321 e. The number of hydrogen-bond donors (Lipinski definition) is 1. The quantitative estimate of drug-likeness (QED) is 0.780. The van der Waals surface area contributed by atoms with Crippen molar-refractivity contribution >= 4 is 33.1 Å². The lowest BCUT2D eigenvalue weighted by atomic mass is 10.2. The first-order chi connectivity index (χ1) is 10.9. The number of thiophene rings is 1. The molecule has 118 valence electrons. The second-order valence-electron chi connectivity index (χ2n) is 5.30. The molecule has 0 saturated heterocycles. The second kappa shape index (κ2) is 5.51. The Morgan fingerprint density at radius 2 is 1.83 bits per heavy atom. The number of benzene rings is 1. The summed E-state index contributed by atoms with van der Waals surface area (Å²) in [7, 11) is 3.01. The predicted molar refractivity (Wildman–Crippen MR) is 91.4 cm³/mol. The average Bonchev–Trinajstić information content (AvgIpc) is 2.98. The van der Waals surface area contributed by atoms with E-state index in [1.54, 1.807) is 7.05 Å². The second-order valence-corrected chi connectivity index (χ2v) is 6.33. The molecule has 1 amide bonds. The fraction of sp³-hybridized carbons (Fsp3) is 0.188. The minimum atomic E-state index is -0.407. The van der Waals surface area contributed by atoms with Gasteiger partial charge in [0.05, 0.1) is 10.3 Å². The summed E-state index contributed by atoms with van der Waals surface area (Å²) in [5.74, 6) is -0.296. The highest BCUT2D eigenvalue weighted by atomic mass is 32.1. The van der Waals surface area contributed by atoms with Crippen LogP contribution in [0.25, 0.3) is 10.2 Å². The van der Waals surface area contributed by atoms with Crippen LogP contribution in [0.4, 0.5) is 5.69 Å². The number of aromatic nitrogens is 2. The van der Waals surface area contributed by atoms with Crippen LogP contribution in [0.5, 0.6) is 0 Å². The van der Waals surface area contributed by atoms with E-state index in [9.17, 15) is 14.4 Å². The van der Waals surface area contributed by atoms with Gasteiger partial charge in [0, 0.05) is 19.8 Å². The van der Waals surface area contributed by atoms with Gasteiger partial charge < -0.3 is 5.32 Å². The summed E-state index contributed by atoms with van der Waals surface area (Å²) < 4.78 is 2.42. The summed E-state index contributed by atoms with van der Waals surface area (Å²) in [6.45, 7) is 1.90. The molecular formula is C16H15N3O3S. The molecule has 0 spiro atoms. The van der Waals surface area contributed by atoms with Crippen molar-refractivity contribution in [3.8, 4) is 0 Å². The Labute approximate surface area is 135 Å². The van der Waals surface area contributed by atoms with Gasteiger partial charge in [-0.05, 0) is 24.6 Å². The largest absolute Gasteiger partial charge is 0.331 e. The van der Waals surface area contributed by atoms with Crippen LogP contribution in [0, 0.1) is 6.92 Å². The van der Waals surface area contributed by atoms with Gasteiger partial charge in [-0.15, -0.1) is 11.3 Å². The van der Waals surface area contributed by atoms with E-state index in [0.717, 1.165) is 27.2 Å². The van der Waals surface area contributed by atoms with Gasteiger partial charge in [-0.3, -0.25) is 18.7 Å². The molecule has 7 heteroatoms. The van der Waals surface area contributed by atoms with Crippen molar-refractivity contribution in [2.24, 2.45) is 14.1 Å². The highest BCUT2D eigenvalue weighted by molar-refractivity contribution is 7.20. The Hall–Kier alpha value is -2.67. The number of anilines is 1. The van der Waals surface area contributed by atoms with E-state index in [0.29, 0.717) is 15.1 Å². The summed E-state index contributed by atoms with van der Waals surface area (Å²) in [6, 6.07) is 8.99. The SMILES string of the molecule is Cc1ccccc1NC(=O)c1cc2c(=O)n(C)c(=O)n(C)c2s1. The molecule has 0 unspecified atom stereocenters. The Morgan fingerprint density at radius 3 is 2.52 bits per heavy atom. The number of nitrogens with zero attached hydrogens (tertiary/aromatic N) is 2. The lowest BCUT2D eigenvalue weighted by molar-refractivity contribution is 0.103. The third kappa shape index (κ3) is 2.49. The topological polar surface area (TPSA) is 73.1 Å². The van der Waals surface area contributed by atoms with Crippen molar-refractivity contribution in [1.82, 2.24) is 9.13 Å². The summed E-state index contributed by atoms with van der Waals surface area (Å²) in [6.07, 6.45) is 0. The van der Waals surface area contributed by atoms with Crippen molar-refractivity contribution in [2.45, 2.75) is 6.92 Å². The van der Waals surface area contributed by atoms with E-state index in [2.05, 4.69) is 5.32 Å². The highest BCUT2D eigenvalue weighted by Crippen LogP contribution is 2.23. The fourth-order valence-corrected chi connectivity index (χ4v) is 3.37. The number of rotatable bonds is 2. The van der Waals surface area contributed by atoms with Crippen molar-refractivity contribution < 1.29 is 4.79 Å². The maximum Gasteiger partial charge on any atom is 0.331 e. The van der Waals surface area contributed by atoms with Crippen LogP contribution in [-0.2, 0) is 14.1 Å². The van der Waals surface area contributed by atoms with E-state index in [-0.39, 0.29) is 5.91 Å². The van der Waals surface area contributed by atoms with E-state index >= 15 is 0 Å². The number of carbonyl (C=O) groups is 1. The molecule has 2 heterocycles. The molecule has 0 aliphatic heterocycles. The Bertz CT molecular complexity index is 1040. The number of amides is 1. The predicted octanol–water partition coefficient (Wildman–Crippen LogP) is 1.86. The third-order valence-electron chi connectivity index (χ3n) is 3.74. The van der Waals surface area contributed by atoms with Crippen molar-refractivity contribution in [3.63, 3.8) is 0 Å². The van der Waals surface area contributed by atoms with Crippen molar-refractivity contribution in [1.29, 1.82) is 0 Å². The van der Waals surface area contributed by atoms with Crippen LogP contribution in [-0.4, -0.2) is 15.0 Å². The lowest BCUT2D eigenvalue weighted by Crippen LogP contribution is -2.36. The number of carbonyl (C=O) groups excluding carboxylic acids is 1. The van der Waals surface area contributed by atoms with Gasteiger partial charge in [0.1, 0.15) is 4.83 Å². The lowest BCUT2D eigenvalue weighted by Gasteiger charge is -2.06. The maximum absolute atomic E-state index is 12.4. The van der Waals surface area contributed by atoms with Crippen LogP contribution >= 0.6 is 11.3 Å². The number of para-hydroxylation sites is 1. The number of fused-ring (bicyclic) bond motifs is 1. The first-order valence-electron chi connectivity index (χ1n) is 6.96. The smallest absolute Gasteiger partial charge is 0.321 e. The van der Waals surface area contributed by atoms with E-state index in [4.69, 9.17) is 0 Å². The molecule has 0 aliphatic rings. The van der Waals surface area contributed by atoms with Crippen LogP contribution in [0.2, 0.25) is 0 Å². The van der Waals surface area contributed by atoms with E-state index in [1.165, 1.54) is 17.7 Å². The van der Waals surface area contributed by atoms with Gasteiger partial charge >= 0.3 is 5.69 Å². The summed E-state index contributed by atoms with van der Waals surface area (Å²) >= 11 is 1.13. The highest BCUT2D eigenvalue weighted by Gasteiger charge is 2.16. The Morgan fingerprint density at radius 1 is 1.13 bits per heavy atom. The van der Waals surface area contributed by atoms with Crippen molar-refractivity contribution in [2.75, 3.05) is 5.32 Å². The minimum absolute atomic E-state index is 0.296. The molecule has 23 heavy (non-hydrogen) atoms. The average molecular weight is 329 g/mol. The van der Waals surface area contributed by atoms with Gasteiger partial charge in [-0.2, -0.15) is 0 Å². The molecule has 0 radical (unpaired) electrons. The zero-order chi connectivity index (χ0) is 16.7. The number of hydrogen-bond acceptors (Lipinski definition) is 4. The van der Waals surface area contributed by atoms with Gasteiger partial charge in [-0.1, -0.05) is 18.2 Å². The summed E-state index contributed by atoms with van der Waals surface area (Å²) in [4.78, 5) is 37.4. The summed E-state index contributed by atoms with van der Waals surface area (Å²) in [5.41, 5.74) is 0.867. The maximum atomic E-state index is 12.4. The zero-order valence-electron chi connectivity index (χ0n) is 12.9. The zero-order valence-corrected chi connectivity index (χ0v) is 13.7. The van der Waals surface area contributed by atoms with Gasteiger partial charge in [0.25, 0.3) is 11.5 Å². The standard InChI is InChI=1S/C16H15N3O3S/c1-9-6-4-5-7-11(9)17-13(20)12-8-10-14(21)18(2)16(22)19(3)15(10)23-12/h4-8H,1-3H3,(H,17,20). The summed E-state index contributed by atoms with van der Waals surface area (Å²) in [5, 5.41) is 3.20. The number of nitrogens with one attached hydrogen (secondary N) is 1. The van der Waals surface area contributed by atoms with Crippen LogP contribution in [0.15, 0.2) is 39.9 Å². The molecule has 0 atom stereocenters. The molecule has 0 bridgehead atoms. The fourth-order valence-electron chi connectivity index (χ4n) is 2.37. The molecule has 0 saturated carbocycles. The normalized spacial score (nSPS) is 10.9. The van der Waals surface area contributed by atoms with E-state index in [1.807, 2.05) is 31.2 Å². The molecular weight excluding hydrogens is 314 g/mol. The Balaban J connectivity index is 2.08. The van der Waals surface area contributed by atoms with Crippen molar-refractivity contribution in [3.05, 3.63) is 61.6 Å². The molecule has 2 aromatic heterocycles. The number of aryl methyl sites for hydroxylation is 2.